The third-order valence-corrected chi connectivity index (χ3v) is 5.69. The van der Waals surface area contributed by atoms with Gasteiger partial charge in [0.1, 0.15) is 4.90 Å². The molecule has 0 spiro atoms. The van der Waals surface area contributed by atoms with Crippen molar-refractivity contribution in [2.45, 2.75) is 51.1 Å². The van der Waals surface area contributed by atoms with Crippen molar-refractivity contribution < 1.29 is 8.42 Å². The van der Waals surface area contributed by atoms with Crippen molar-refractivity contribution in [2.75, 3.05) is 19.6 Å². The van der Waals surface area contributed by atoms with E-state index in [1.54, 1.807) is 15.2 Å². The van der Waals surface area contributed by atoms with Crippen LogP contribution in [0.3, 0.4) is 0 Å². The van der Waals surface area contributed by atoms with Crippen LogP contribution in [-0.2, 0) is 16.6 Å². The van der Waals surface area contributed by atoms with Gasteiger partial charge in [-0.1, -0.05) is 6.92 Å². The van der Waals surface area contributed by atoms with Crippen molar-refractivity contribution in [2.24, 2.45) is 5.92 Å². The van der Waals surface area contributed by atoms with E-state index in [1.165, 1.54) is 6.20 Å². The zero-order valence-electron chi connectivity index (χ0n) is 13.1. The fourth-order valence-corrected chi connectivity index (χ4v) is 3.92. The van der Waals surface area contributed by atoms with E-state index >= 15 is 0 Å². The van der Waals surface area contributed by atoms with Crippen LogP contribution in [0.1, 0.15) is 33.6 Å². The Balaban J connectivity index is 2.09. The van der Waals surface area contributed by atoms with Gasteiger partial charge >= 0.3 is 0 Å². The van der Waals surface area contributed by atoms with Crippen LogP contribution in [0, 0.1) is 5.92 Å². The fourth-order valence-electron chi connectivity index (χ4n) is 2.25. The molecular formula is C14H26N4O2S. The Labute approximate surface area is 127 Å². The monoisotopic (exact) mass is 314 g/mol. The third kappa shape index (κ3) is 4.28. The lowest BCUT2D eigenvalue weighted by atomic mass is 10.3. The zero-order valence-corrected chi connectivity index (χ0v) is 13.9. The Bertz CT molecular complexity index is 549. The van der Waals surface area contributed by atoms with Gasteiger partial charge < -0.3 is 5.32 Å². The summed E-state index contributed by atoms with van der Waals surface area (Å²) >= 11 is 0. The molecular weight excluding hydrogens is 288 g/mol. The maximum Gasteiger partial charge on any atom is 0.246 e. The van der Waals surface area contributed by atoms with Crippen molar-refractivity contribution in [3.8, 4) is 0 Å². The summed E-state index contributed by atoms with van der Waals surface area (Å²) in [6.45, 7) is 8.88. The van der Waals surface area contributed by atoms with Gasteiger partial charge in [0, 0.05) is 25.3 Å². The molecule has 1 aromatic heterocycles. The summed E-state index contributed by atoms with van der Waals surface area (Å²) in [4.78, 5) is 0.299. The molecule has 0 amide bonds. The summed E-state index contributed by atoms with van der Waals surface area (Å²) in [5, 5.41) is 7.36. The van der Waals surface area contributed by atoms with E-state index in [4.69, 9.17) is 0 Å². The summed E-state index contributed by atoms with van der Waals surface area (Å²) in [7, 11) is -3.44. The molecule has 7 heteroatoms. The van der Waals surface area contributed by atoms with E-state index in [2.05, 4.69) is 10.4 Å². The SMILES string of the molecule is CCNCCn1cc(S(=O)(=O)N(CC2CC2)C(C)C)cn1. The molecule has 1 N–H and O–H groups in total. The quantitative estimate of drug-likeness (QED) is 0.698. The minimum Gasteiger partial charge on any atom is -0.315 e. The predicted octanol–water partition coefficient (Wildman–Crippen LogP) is 1.30. The molecule has 21 heavy (non-hydrogen) atoms. The summed E-state index contributed by atoms with van der Waals surface area (Å²) in [6.07, 6.45) is 5.37. The summed E-state index contributed by atoms with van der Waals surface area (Å²) in [5.74, 6) is 0.533. The number of nitrogens with zero attached hydrogens (tertiary/aromatic N) is 3. The first-order valence-electron chi connectivity index (χ1n) is 7.70. The molecule has 120 valence electrons. The van der Waals surface area contributed by atoms with Gasteiger partial charge in [0.15, 0.2) is 0 Å². The van der Waals surface area contributed by atoms with Crippen LogP contribution in [0.15, 0.2) is 17.3 Å². The summed E-state index contributed by atoms with van der Waals surface area (Å²) in [5.41, 5.74) is 0. The highest BCUT2D eigenvalue weighted by Gasteiger charge is 2.33. The average molecular weight is 314 g/mol. The highest BCUT2D eigenvalue weighted by Crippen LogP contribution is 2.32. The molecule has 6 nitrogen and oxygen atoms in total. The maximum atomic E-state index is 12.7. The minimum atomic E-state index is -3.44. The van der Waals surface area contributed by atoms with Crippen molar-refractivity contribution >= 4 is 10.0 Å². The lowest BCUT2D eigenvalue weighted by molar-refractivity contribution is 0.341. The van der Waals surface area contributed by atoms with Crippen LogP contribution >= 0.6 is 0 Å². The molecule has 1 aliphatic rings. The molecule has 0 radical (unpaired) electrons. The molecule has 0 unspecified atom stereocenters. The van der Waals surface area contributed by atoms with Gasteiger partial charge in [0.2, 0.25) is 10.0 Å². The average Bonchev–Trinajstić information content (AvgIpc) is 3.12. The predicted molar refractivity (Wildman–Crippen MR) is 82.5 cm³/mol. The normalized spacial score (nSPS) is 16.0. The second kappa shape index (κ2) is 6.89. The Morgan fingerprint density at radius 2 is 2.19 bits per heavy atom. The van der Waals surface area contributed by atoms with E-state index < -0.39 is 10.0 Å². The van der Waals surface area contributed by atoms with Crippen LogP contribution in [0.4, 0.5) is 0 Å². The highest BCUT2D eigenvalue weighted by atomic mass is 32.2. The number of likely N-dealkylation sites (N-methyl/N-ethyl adjacent to an activating group) is 1. The van der Waals surface area contributed by atoms with Crippen molar-refractivity contribution in [1.29, 1.82) is 0 Å². The molecule has 1 fully saturated rings. The first-order valence-corrected chi connectivity index (χ1v) is 9.14. The van der Waals surface area contributed by atoms with Gasteiger partial charge in [-0.3, -0.25) is 4.68 Å². The second-order valence-electron chi connectivity index (χ2n) is 5.90. The van der Waals surface area contributed by atoms with E-state index in [0.29, 0.717) is 23.9 Å². The molecule has 1 heterocycles. The third-order valence-electron chi connectivity index (χ3n) is 3.69. The molecule has 0 bridgehead atoms. The standard InChI is InChI=1S/C14H26N4O2S/c1-4-15-7-8-17-11-14(9-16-17)21(19,20)18(12(2)3)10-13-5-6-13/h9,11-13,15H,4-8,10H2,1-3H3. The maximum absolute atomic E-state index is 12.7. The van der Waals surface area contributed by atoms with Crippen molar-refractivity contribution in [3.63, 3.8) is 0 Å². The molecule has 0 aromatic carbocycles. The molecule has 0 atom stereocenters. The highest BCUT2D eigenvalue weighted by molar-refractivity contribution is 7.89. The van der Waals surface area contributed by atoms with Crippen LogP contribution in [0.25, 0.3) is 0 Å². The van der Waals surface area contributed by atoms with E-state index in [1.807, 2.05) is 20.8 Å². The van der Waals surface area contributed by atoms with Crippen LogP contribution in [0.5, 0.6) is 0 Å². The van der Waals surface area contributed by atoms with Gasteiger partial charge in [0.25, 0.3) is 0 Å². The molecule has 2 rings (SSSR count). The van der Waals surface area contributed by atoms with Crippen LogP contribution in [-0.4, -0.2) is 48.2 Å². The largest absolute Gasteiger partial charge is 0.315 e. The Kier molecular flexibility index (Phi) is 5.40. The number of aromatic nitrogens is 2. The van der Waals surface area contributed by atoms with Gasteiger partial charge in [-0.15, -0.1) is 0 Å². The van der Waals surface area contributed by atoms with Crippen molar-refractivity contribution in [1.82, 2.24) is 19.4 Å². The Morgan fingerprint density at radius 3 is 2.76 bits per heavy atom. The van der Waals surface area contributed by atoms with Gasteiger partial charge in [-0.2, -0.15) is 9.40 Å². The first-order chi connectivity index (χ1) is 9.95. The molecule has 0 aliphatic heterocycles. The first kappa shape index (κ1) is 16.5. The van der Waals surface area contributed by atoms with Gasteiger partial charge in [0.05, 0.1) is 12.7 Å². The minimum absolute atomic E-state index is 0.0271. The summed E-state index contributed by atoms with van der Waals surface area (Å²) in [6, 6.07) is -0.0271. The lowest BCUT2D eigenvalue weighted by Gasteiger charge is -2.25. The van der Waals surface area contributed by atoms with Crippen LogP contribution < -0.4 is 5.32 Å². The molecule has 1 aromatic rings. The number of sulfonamides is 1. The molecule has 1 saturated carbocycles. The zero-order chi connectivity index (χ0) is 15.5. The number of hydrogen-bond acceptors (Lipinski definition) is 4. The fraction of sp³-hybridized carbons (Fsp3) is 0.786. The molecule has 1 aliphatic carbocycles. The van der Waals surface area contributed by atoms with E-state index in [9.17, 15) is 8.42 Å². The molecule has 0 saturated heterocycles. The van der Waals surface area contributed by atoms with Gasteiger partial charge in [-0.25, -0.2) is 8.42 Å². The van der Waals surface area contributed by atoms with E-state index in [-0.39, 0.29) is 6.04 Å². The summed E-state index contributed by atoms with van der Waals surface area (Å²) < 4.78 is 28.8. The van der Waals surface area contributed by atoms with E-state index in [0.717, 1.165) is 25.9 Å². The topological polar surface area (TPSA) is 67.2 Å². The smallest absolute Gasteiger partial charge is 0.246 e. The Morgan fingerprint density at radius 1 is 1.48 bits per heavy atom. The van der Waals surface area contributed by atoms with Gasteiger partial charge in [-0.05, 0) is 39.2 Å². The van der Waals surface area contributed by atoms with Crippen LogP contribution in [0.2, 0.25) is 0 Å². The Hall–Kier alpha value is -0.920. The van der Waals surface area contributed by atoms with Crippen molar-refractivity contribution in [3.05, 3.63) is 12.4 Å². The second-order valence-corrected chi connectivity index (χ2v) is 7.80. The lowest BCUT2D eigenvalue weighted by Crippen LogP contribution is -2.38. The number of hydrogen-bond donors (Lipinski definition) is 1. The number of nitrogens with one attached hydrogen (secondary N) is 1. The number of rotatable bonds is 9.